The van der Waals surface area contributed by atoms with E-state index < -0.39 is 0 Å². The topological polar surface area (TPSA) is 76.1 Å². The minimum absolute atomic E-state index is 0.106. The Morgan fingerprint density at radius 1 is 1.36 bits per heavy atom. The molecule has 0 unspecified atom stereocenters. The van der Waals surface area contributed by atoms with Gasteiger partial charge in [0.15, 0.2) is 0 Å². The van der Waals surface area contributed by atoms with Crippen LogP contribution in [0, 0.1) is 12.8 Å². The first-order valence-corrected chi connectivity index (χ1v) is 10.4. The van der Waals surface area contributed by atoms with E-state index in [-0.39, 0.29) is 5.91 Å². The molecular weight excluding hydrogens is 356 g/mol. The zero-order chi connectivity index (χ0) is 17.2. The summed E-state index contributed by atoms with van der Waals surface area (Å²) in [7, 11) is 0. The van der Waals surface area contributed by atoms with Gasteiger partial charge >= 0.3 is 0 Å². The summed E-state index contributed by atoms with van der Waals surface area (Å²) >= 11 is 3.06. The molecule has 2 fully saturated rings. The maximum absolute atomic E-state index is 12.3. The molecule has 0 aromatic carbocycles. The fourth-order valence-corrected chi connectivity index (χ4v) is 4.84. The maximum atomic E-state index is 12.3. The molecule has 8 heteroatoms. The number of nitrogens with one attached hydrogen (secondary N) is 2. The molecular formula is C17H22N4O2S2. The number of aromatic nitrogens is 2. The minimum Gasteiger partial charge on any atom is -0.381 e. The van der Waals surface area contributed by atoms with Crippen molar-refractivity contribution in [2.45, 2.75) is 38.1 Å². The van der Waals surface area contributed by atoms with Crippen molar-refractivity contribution in [1.29, 1.82) is 0 Å². The van der Waals surface area contributed by atoms with Crippen LogP contribution >= 0.6 is 22.7 Å². The van der Waals surface area contributed by atoms with Crippen molar-refractivity contribution in [1.82, 2.24) is 15.5 Å². The number of hydrogen-bond acceptors (Lipinski definition) is 7. The fraction of sp³-hybridized carbons (Fsp3) is 0.588. The van der Waals surface area contributed by atoms with E-state index in [2.05, 4.69) is 20.8 Å². The molecule has 2 aliphatic rings. The van der Waals surface area contributed by atoms with E-state index in [1.165, 1.54) is 35.5 Å². The lowest BCUT2D eigenvalue weighted by Gasteiger charge is -2.22. The number of carbonyl (C=O) groups is 1. The molecule has 2 aromatic rings. The summed E-state index contributed by atoms with van der Waals surface area (Å²) in [6, 6.07) is 2.58. The molecule has 2 atom stereocenters. The summed E-state index contributed by atoms with van der Waals surface area (Å²) in [5, 5.41) is 17.7. The van der Waals surface area contributed by atoms with E-state index in [1.807, 2.05) is 18.4 Å². The molecule has 1 amide bonds. The maximum Gasteiger partial charge on any atom is 0.258 e. The van der Waals surface area contributed by atoms with Crippen LogP contribution in [0.4, 0.5) is 5.13 Å². The van der Waals surface area contributed by atoms with Gasteiger partial charge < -0.3 is 10.1 Å². The third-order valence-electron chi connectivity index (χ3n) is 4.79. The molecule has 1 saturated carbocycles. The van der Waals surface area contributed by atoms with Gasteiger partial charge in [0.2, 0.25) is 5.13 Å². The summed E-state index contributed by atoms with van der Waals surface area (Å²) in [6.45, 7) is 4.76. The lowest BCUT2D eigenvalue weighted by molar-refractivity contribution is 0.0662. The van der Waals surface area contributed by atoms with Crippen LogP contribution in [-0.2, 0) is 4.74 Å². The van der Waals surface area contributed by atoms with Crippen LogP contribution in [0.5, 0.6) is 0 Å². The van der Waals surface area contributed by atoms with Crippen LogP contribution in [0.15, 0.2) is 11.4 Å². The summed E-state index contributed by atoms with van der Waals surface area (Å²) in [5.74, 6) is 1.19. The van der Waals surface area contributed by atoms with Crippen LogP contribution in [0.3, 0.4) is 0 Å². The molecule has 6 nitrogen and oxygen atoms in total. The second-order valence-corrected chi connectivity index (χ2v) is 8.86. The number of carbonyl (C=O) groups excluding carboxylic acids is 1. The van der Waals surface area contributed by atoms with E-state index in [0.717, 1.165) is 30.7 Å². The Kier molecular flexibility index (Phi) is 5.12. The predicted octanol–water partition coefficient (Wildman–Crippen LogP) is 3.03. The molecule has 0 spiro atoms. The molecule has 0 bridgehead atoms. The molecule has 2 aromatic heterocycles. The third kappa shape index (κ3) is 4.25. The quantitative estimate of drug-likeness (QED) is 0.808. The molecule has 1 aliphatic carbocycles. The molecule has 134 valence electrons. The van der Waals surface area contributed by atoms with Crippen molar-refractivity contribution in [2.24, 2.45) is 5.92 Å². The third-order valence-corrected chi connectivity index (χ3v) is 6.61. The van der Waals surface area contributed by atoms with Crippen molar-refractivity contribution in [3.8, 4) is 0 Å². The minimum atomic E-state index is -0.106. The number of rotatable bonds is 6. The van der Waals surface area contributed by atoms with E-state index in [1.54, 1.807) is 11.3 Å². The summed E-state index contributed by atoms with van der Waals surface area (Å²) in [6.07, 6.45) is 3.50. The van der Waals surface area contributed by atoms with Crippen LogP contribution < -0.4 is 10.6 Å². The van der Waals surface area contributed by atoms with E-state index >= 15 is 0 Å². The van der Waals surface area contributed by atoms with Crippen molar-refractivity contribution < 1.29 is 9.53 Å². The van der Waals surface area contributed by atoms with E-state index in [4.69, 9.17) is 4.74 Å². The number of hydrogen-bond donors (Lipinski definition) is 2. The van der Waals surface area contributed by atoms with Gasteiger partial charge in [-0.1, -0.05) is 11.3 Å². The first kappa shape index (κ1) is 17.1. The Hall–Kier alpha value is -1.35. The first-order valence-electron chi connectivity index (χ1n) is 8.70. The Labute approximate surface area is 155 Å². The average Bonchev–Trinajstić information content (AvgIpc) is 3.02. The van der Waals surface area contributed by atoms with Gasteiger partial charge in [-0.15, -0.1) is 21.5 Å². The van der Waals surface area contributed by atoms with Crippen LogP contribution in [-0.4, -0.2) is 41.9 Å². The average molecular weight is 379 g/mol. The van der Waals surface area contributed by atoms with Crippen molar-refractivity contribution in [3.63, 3.8) is 0 Å². The highest BCUT2D eigenvalue weighted by molar-refractivity contribution is 7.15. The number of amides is 1. The second-order valence-electron chi connectivity index (χ2n) is 6.73. The highest BCUT2D eigenvalue weighted by Crippen LogP contribution is 2.43. The molecule has 4 rings (SSSR count). The monoisotopic (exact) mass is 378 g/mol. The predicted molar refractivity (Wildman–Crippen MR) is 99.6 cm³/mol. The molecule has 1 aliphatic heterocycles. The summed E-state index contributed by atoms with van der Waals surface area (Å²) in [4.78, 5) is 13.6. The number of thiophene rings is 1. The largest absolute Gasteiger partial charge is 0.381 e. The van der Waals surface area contributed by atoms with Gasteiger partial charge in [-0.05, 0) is 44.7 Å². The van der Waals surface area contributed by atoms with Gasteiger partial charge in [0.05, 0.1) is 5.56 Å². The Morgan fingerprint density at radius 3 is 2.96 bits per heavy atom. The van der Waals surface area contributed by atoms with Gasteiger partial charge in [0.25, 0.3) is 5.91 Å². The van der Waals surface area contributed by atoms with Gasteiger partial charge in [-0.25, -0.2) is 0 Å². The Balaban J connectivity index is 1.27. The first-order chi connectivity index (χ1) is 12.2. The number of nitrogens with zero attached hydrogens (tertiary/aromatic N) is 2. The smallest absolute Gasteiger partial charge is 0.258 e. The van der Waals surface area contributed by atoms with E-state index in [9.17, 15) is 4.79 Å². The SMILES string of the molecule is Cc1nnc(NC(=O)c2csc([C@@H]3C[C@H]3NCC3CCOCC3)c2)s1. The number of anilines is 1. The van der Waals surface area contributed by atoms with Crippen molar-refractivity contribution in [3.05, 3.63) is 26.9 Å². The normalized spacial score (nSPS) is 23.6. The zero-order valence-corrected chi connectivity index (χ0v) is 15.8. The Bertz CT molecular complexity index is 739. The van der Waals surface area contributed by atoms with Gasteiger partial charge in [0, 0.05) is 35.4 Å². The highest BCUT2D eigenvalue weighted by atomic mass is 32.1. The van der Waals surface area contributed by atoms with Crippen LogP contribution in [0.1, 0.15) is 45.4 Å². The zero-order valence-electron chi connectivity index (χ0n) is 14.2. The van der Waals surface area contributed by atoms with Crippen molar-refractivity contribution in [2.75, 3.05) is 25.1 Å². The lowest BCUT2D eigenvalue weighted by atomic mass is 10.0. The van der Waals surface area contributed by atoms with Crippen molar-refractivity contribution >= 4 is 33.7 Å². The highest BCUT2D eigenvalue weighted by Gasteiger charge is 2.39. The fourth-order valence-electron chi connectivity index (χ4n) is 3.19. The second kappa shape index (κ2) is 7.49. The number of ether oxygens (including phenoxy) is 1. The van der Waals surface area contributed by atoms with Crippen LogP contribution in [0.2, 0.25) is 0 Å². The molecule has 2 N–H and O–H groups in total. The standard InChI is InChI=1S/C17H22N4O2S2/c1-10-20-21-17(25-10)19-16(22)12-6-15(24-9-12)13-7-14(13)18-8-11-2-4-23-5-3-11/h6,9,11,13-14,18H,2-5,7-8H2,1H3,(H,19,21,22)/t13-,14-/m1/s1. The number of aryl methyl sites for hydroxylation is 1. The van der Waals surface area contributed by atoms with Crippen LogP contribution in [0.25, 0.3) is 0 Å². The van der Waals surface area contributed by atoms with Gasteiger partial charge in [-0.3, -0.25) is 10.1 Å². The molecule has 1 saturated heterocycles. The van der Waals surface area contributed by atoms with E-state index in [0.29, 0.717) is 22.7 Å². The molecule has 0 radical (unpaired) electrons. The Morgan fingerprint density at radius 2 is 2.20 bits per heavy atom. The van der Waals surface area contributed by atoms with Gasteiger partial charge in [-0.2, -0.15) is 0 Å². The summed E-state index contributed by atoms with van der Waals surface area (Å²) in [5.41, 5.74) is 0.711. The lowest BCUT2D eigenvalue weighted by Crippen LogP contribution is -2.29. The molecule has 25 heavy (non-hydrogen) atoms. The summed E-state index contributed by atoms with van der Waals surface area (Å²) < 4.78 is 5.41. The molecule has 3 heterocycles. The van der Waals surface area contributed by atoms with Gasteiger partial charge in [0.1, 0.15) is 5.01 Å².